The van der Waals surface area contributed by atoms with Crippen LogP contribution in [0.1, 0.15) is 10.4 Å². The third-order valence-electron chi connectivity index (χ3n) is 2.41. The van der Waals surface area contributed by atoms with Crippen LogP contribution in [-0.4, -0.2) is 4.21 Å². The fourth-order valence-electron chi connectivity index (χ4n) is 1.49. The van der Waals surface area contributed by atoms with Crippen LogP contribution < -0.4 is 5.73 Å². The molecule has 0 aliphatic carbocycles. The lowest BCUT2D eigenvalue weighted by Crippen LogP contribution is -1.99. The second-order valence-corrected chi connectivity index (χ2v) is 6.98. The van der Waals surface area contributed by atoms with Crippen molar-refractivity contribution < 1.29 is 4.21 Å². The molecule has 2 nitrogen and oxygen atoms in total. The molecule has 0 radical (unpaired) electrons. The zero-order chi connectivity index (χ0) is 12.4. The van der Waals surface area contributed by atoms with Crippen molar-refractivity contribution in [1.82, 2.24) is 0 Å². The molecule has 0 aliphatic rings. The minimum absolute atomic E-state index is 0.530. The smallest absolute Gasteiger partial charge is 0.0638 e. The highest BCUT2D eigenvalue weighted by atomic mass is 79.9. The molecule has 0 saturated carbocycles. The highest BCUT2D eigenvalue weighted by Crippen LogP contribution is 2.27. The molecular formula is C12H12BrNOS2. The van der Waals surface area contributed by atoms with E-state index in [1.165, 1.54) is 0 Å². The molecule has 0 aliphatic heterocycles. The van der Waals surface area contributed by atoms with Gasteiger partial charge in [-0.25, -0.2) is 0 Å². The van der Waals surface area contributed by atoms with Gasteiger partial charge in [0.15, 0.2) is 0 Å². The number of halogens is 1. The third kappa shape index (κ3) is 2.97. The number of nitrogen functional groups attached to an aromatic ring is 1. The van der Waals surface area contributed by atoms with Gasteiger partial charge in [-0.15, -0.1) is 11.3 Å². The van der Waals surface area contributed by atoms with Gasteiger partial charge in [-0.1, -0.05) is 6.07 Å². The Bertz CT molecular complexity index is 565. The van der Waals surface area contributed by atoms with Gasteiger partial charge < -0.3 is 5.73 Å². The van der Waals surface area contributed by atoms with Crippen LogP contribution in [0.5, 0.6) is 0 Å². The molecule has 0 bridgehead atoms. The van der Waals surface area contributed by atoms with Crippen LogP contribution in [0.2, 0.25) is 0 Å². The fraction of sp³-hybridized carbons (Fsp3) is 0.167. The van der Waals surface area contributed by atoms with E-state index >= 15 is 0 Å². The van der Waals surface area contributed by atoms with Crippen molar-refractivity contribution >= 4 is 43.8 Å². The molecule has 2 aromatic rings. The van der Waals surface area contributed by atoms with E-state index in [0.717, 1.165) is 19.8 Å². The lowest BCUT2D eigenvalue weighted by molar-refractivity contribution is 0.682. The van der Waals surface area contributed by atoms with E-state index < -0.39 is 10.8 Å². The van der Waals surface area contributed by atoms with E-state index in [9.17, 15) is 4.21 Å². The molecule has 17 heavy (non-hydrogen) atoms. The van der Waals surface area contributed by atoms with Crippen LogP contribution in [0.4, 0.5) is 5.69 Å². The van der Waals surface area contributed by atoms with Gasteiger partial charge in [0.05, 0.1) is 16.6 Å². The number of hydrogen-bond acceptors (Lipinski definition) is 3. The minimum Gasteiger partial charge on any atom is -0.399 e. The molecule has 0 amide bonds. The average molecular weight is 330 g/mol. The molecule has 0 fully saturated rings. The quantitative estimate of drug-likeness (QED) is 0.872. The summed E-state index contributed by atoms with van der Waals surface area (Å²) in [6.45, 7) is 1.95. The summed E-state index contributed by atoms with van der Waals surface area (Å²) in [7, 11) is -1.04. The monoisotopic (exact) mass is 329 g/mol. The van der Waals surface area contributed by atoms with E-state index in [1.807, 2.05) is 30.5 Å². The number of rotatable bonds is 3. The van der Waals surface area contributed by atoms with Crippen molar-refractivity contribution in [2.75, 3.05) is 5.73 Å². The standard InChI is InChI=1S/C12H12BrNOS2/c1-8-2-3-9(14)6-12(8)17(15)7-11-10(13)4-5-16-11/h2-6H,7,14H2,1H3. The molecule has 5 heteroatoms. The lowest BCUT2D eigenvalue weighted by atomic mass is 10.2. The molecule has 0 spiro atoms. The summed E-state index contributed by atoms with van der Waals surface area (Å²) in [4.78, 5) is 1.93. The summed E-state index contributed by atoms with van der Waals surface area (Å²) in [5.74, 6) is 0.530. The summed E-state index contributed by atoms with van der Waals surface area (Å²) in [6, 6.07) is 7.51. The summed E-state index contributed by atoms with van der Waals surface area (Å²) in [6.07, 6.45) is 0. The maximum atomic E-state index is 12.3. The van der Waals surface area contributed by atoms with Crippen molar-refractivity contribution in [2.24, 2.45) is 0 Å². The van der Waals surface area contributed by atoms with Crippen molar-refractivity contribution in [3.8, 4) is 0 Å². The first-order valence-electron chi connectivity index (χ1n) is 5.04. The Morgan fingerprint density at radius 1 is 1.41 bits per heavy atom. The molecule has 1 aromatic heterocycles. The predicted octanol–water partition coefficient (Wildman–Crippen LogP) is 3.71. The summed E-state index contributed by atoms with van der Waals surface area (Å²) in [5, 5.41) is 1.99. The Morgan fingerprint density at radius 2 is 2.18 bits per heavy atom. The Hall–Kier alpha value is -0.650. The molecule has 0 saturated heterocycles. The molecular weight excluding hydrogens is 318 g/mol. The van der Waals surface area contributed by atoms with E-state index in [-0.39, 0.29) is 0 Å². The second-order valence-electron chi connectivity index (χ2n) is 3.71. The summed E-state index contributed by atoms with van der Waals surface area (Å²) in [5.41, 5.74) is 7.40. The van der Waals surface area contributed by atoms with Gasteiger partial charge in [-0.05, 0) is 52.0 Å². The van der Waals surface area contributed by atoms with Crippen LogP contribution in [0, 0.1) is 6.92 Å². The van der Waals surface area contributed by atoms with Crippen LogP contribution in [0.25, 0.3) is 0 Å². The maximum Gasteiger partial charge on any atom is 0.0638 e. The zero-order valence-electron chi connectivity index (χ0n) is 9.27. The van der Waals surface area contributed by atoms with Gasteiger partial charge in [-0.3, -0.25) is 4.21 Å². The topological polar surface area (TPSA) is 43.1 Å². The Morgan fingerprint density at radius 3 is 2.82 bits per heavy atom. The number of anilines is 1. The molecule has 1 atom stereocenters. The number of thiophene rings is 1. The molecule has 1 unspecified atom stereocenters. The van der Waals surface area contributed by atoms with E-state index in [0.29, 0.717) is 11.4 Å². The maximum absolute atomic E-state index is 12.3. The summed E-state index contributed by atoms with van der Waals surface area (Å²) >= 11 is 5.06. The van der Waals surface area contributed by atoms with Gasteiger partial charge in [0, 0.05) is 19.9 Å². The van der Waals surface area contributed by atoms with Gasteiger partial charge in [-0.2, -0.15) is 0 Å². The number of aryl methyl sites for hydroxylation is 1. The number of benzene rings is 1. The SMILES string of the molecule is Cc1ccc(N)cc1S(=O)Cc1sccc1Br. The molecule has 2 N–H and O–H groups in total. The lowest BCUT2D eigenvalue weighted by Gasteiger charge is -2.06. The first-order valence-corrected chi connectivity index (χ1v) is 8.03. The van der Waals surface area contributed by atoms with Crippen molar-refractivity contribution in [3.05, 3.63) is 44.6 Å². The molecule has 1 aromatic carbocycles. The van der Waals surface area contributed by atoms with Crippen molar-refractivity contribution in [2.45, 2.75) is 17.6 Å². The van der Waals surface area contributed by atoms with E-state index in [2.05, 4.69) is 15.9 Å². The minimum atomic E-state index is -1.04. The zero-order valence-corrected chi connectivity index (χ0v) is 12.5. The molecule has 1 heterocycles. The third-order valence-corrected chi connectivity index (χ3v) is 6.00. The predicted molar refractivity (Wildman–Crippen MR) is 77.7 cm³/mol. The van der Waals surface area contributed by atoms with Crippen LogP contribution in [-0.2, 0) is 16.6 Å². The molecule has 90 valence electrons. The first kappa shape index (κ1) is 12.8. The fourth-order valence-corrected chi connectivity index (χ4v) is 4.79. The van der Waals surface area contributed by atoms with Gasteiger partial charge in [0.2, 0.25) is 0 Å². The largest absolute Gasteiger partial charge is 0.399 e. The van der Waals surface area contributed by atoms with Gasteiger partial charge in [0.25, 0.3) is 0 Å². The molecule has 2 rings (SSSR count). The number of nitrogens with two attached hydrogens (primary N) is 1. The van der Waals surface area contributed by atoms with Gasteiger partial charge in [0.1, 0.15) is 0 Å². The Kier molecular flexibility index (Phi) is 4.01. The van der Waals surface area contributed by atoms with Crippen LogP contribution in [0.15, 0.2) is 39.0 Å². The first-order chi connectivity index (χ1) is 8.08. The Balaban J connectivity index is 2.26. The Labute approximate surface area is 115 Å². The number of hydrogen-bond donors (Lipinski definition) is 1. The van der Waals surface area contributed by atoms with E-state index in [1.54, 1.807) is 17.4 Å². The van der Waals surface area contributed by atoms with Gasteiger partial charge >= 0.3 is 0 Å². The van der Waals surface area contributed by atoms with Crippen molar-refractivity contribution in [1.29, 1.82) is 0 Å². The van der Waals surface area contributed by atoms with Crippen LogP contribution in [0.3, 0.4) is 0 Å². The average Bonchev–Trinajstić information content (AvgIpc) is 2.68. The second kappa shape index (κ2) is 5.33. The normalized spacial score (nSPS) is 12.6. The van der Waals surface area contributed by atoms with Crippen LogP contribution >= 0.6 is 27.3 Å². The van der Waals surface area contributed by atoms with Crippen molar-refractivity contribution in [3.63, 3.8) is 0 Å². The summed E-state index contributed by atoms with van der Waals surface area (Å²) < 4.78 is 13.3. The highest BCUT2D eigenvalue weighted by molar-refractivity contribution is 9.10. The van der Waals surface area contributed by atoms with E-state index in [4.69, 9.17) is 5.73 Å². The highest BCUT2D eigenvalue weighted by Gasteiger charge is 2.11.